The third-order valence-corrected chi connectivity index (χ3v) is 2.89. The van der Waals surface area contributed by atoms with Gasteiger partial charge in [0.25, 0.3) is 0 Å². The van der Waals surface area contributed by atoms with E-state index in [1.165, 1.54) is 0 Å². The van der Waals surface area contributed by atoms with Crippen LogP contribution in [-0.2, 0) is 0 Å². The van der Waals surface area contributed by atoms with Gasteiger partial charge in [-0.05, 0) is 34.1 Å². The van der Waals surface area contributed by atoms with E-state index in [9.17, 15) is 0 Å². The number of hydrogen-bond acceptors (Lipinski definition) is 3. The minimum absolute atomic E-state index is 0.525. The second kappa shape index (κ2) is 5.92. The fourth-order valence-electron chi connectivity index (χ4n) is 1.15. The van der Waals surface area contributed by atoms with Crippen molar-refractivity contribution < 1.29 is 4.74 Å². The van der Waals surface area contributed by atoms with E-state index in [0.717, 1.165) is 10.0 Å². The van der Waals surface area contributed by atoms with E-state index in [1.54, 1.807) is 32.5 Å². The molecule has 0 amide bonds. The Morgan fingerprint density at radius 2 is 2.25 bits per heavy atom. The Morgan fingerprint density at radius 1 is 1.56 bits per heavy atom. The van der Waals surface area contributed by atoms with Crippen LogP contribution in [0.3, 0.4) is 0 Å². The maximum absolute atomic E-state index is 6.00. The first-order chi connectivity index (χ1) is 7.60. The van der Waals surface area contributed by atoms with E-state index in [2.05, 4.69) is 20.9 Å². The van der Waals surface area contributed by atoms with Crippen molar-refractivity contribution in [3.8, 4) is 5.75 Å². The van der Waals surface area contributed by atoms with E-state index in [0.29, 0.717) is 16.5 Å². The second-order valence-electron chi connectivity index (χ2n) is 3.00. The van der Waals surface area contributed by atoms with Crippen LogP contribution in [-0.4, -0.2) is 20.4 Å². The van der Waals surface area contributed by atoms with Crippen molar-refractivity contribution in [3.63, 3.8) is 0 Å². The van der Waals surface area contributed by atoms with Crippen molar-refractivity contribution in [2.45, 2.75) is 0 Å². The summed E-state index contributed by atoms with van der Waals surface area (Å²) in [6.07, 6.45) is 1.63. The quantitative estimate of drug-likeness (QED) is 0.872. The SMILES string of the molecule is CN=CC(Br)=C(N)c1ccc(OC)c(Cl)c1. The molecule has 3 nitrogen and oxygen atoms in total. The first-order valence-corrected chi connectivity index (χ1v) is 5.68. The van der Waals surface area contributed by atoms with Gasteiger partial charge in [-0.25, -0.2) is 0 Å². The minimum Gasteiger partial charge on any atom is -0.495 e. The average molecular weight is 304 g/mol. The molecule has 1 aromatic rings. The Bertz CT molecular complexity index is 444. The Kier molecular flexibility index (Phi) is 4.83. The molecule has 0 bridgehead atoms. The molecule has 0 aliphatic heterocycles. The normalized spacial score (nSPS) is 12.8. The molecule has 0 aliphatic rings. The predicted octanol–water partition coefficient (Wildman–Crippen LogP) is 3.07. The molecular formula is C11H12BrClN2O. The van der Waals surface area contributed by atoms with Gasteiger partial charge in [-0.1, -0.05) is 11.6 Å². The van der Waals surface area contributed by atoms with Gasteiger partial charge in [0.2, 0.25) is 0 Å². The summed E-state index contributed by atoms with van der Waals surface area (Å²) in [5, 5.41) is 0.525. The number of halogens is 2. The molecule has 2 N–H and O–H groups in total. The van der Waals surface area contributed by atoms with Crippen molar-refractivity contribution in [2.75, 3.05) is 14.2 Å². The highest BCUT2D eigenvalue weighted by Crippen LogP contribution is 2.28. The van der Waals surface area contributed by atoms with Gasteiger partial charge in [-0.3, -0.25) is 4.99 Å². The predicted molar refractivity (Wildman–Crippen MR) is 72.5 cm³/mol. The van der Waals surface area contributed by atoms with Crippen LogP contribution in [0.25, 0.3) is 5.70 Å². The summed E-state index contributed by atoms with van der Waals surface area (Å²) in [5.74, 6) is 0.624. The maximum Gasteiger partial charge on any atom is 0.137 e. The summed E-state index contributed by atoms with van der Waals surface area (Å²) in [5.41, 5.74) is 7.32. The molecule has 0 radical (unpaired) electrons. The van der Waals surface area contributed by atoms with Crippen molar-refractivity contribution in [2.24, 2.45) is 10.7 Å². The average Bonchev–Trinajstić information content (AvgIpc) is 2.28. The van der Waals surface area contributed by atoms with Crippen LogP contribution in [0.2, 0.25) is 5.02 Å². The summed E-state index contributed by atoms with van der Waals surface area (Å²) in [6.45, 7) is 0. The first kappa shape index (κ1) is 13.1. The second-order valence-corrected chi connectivity index (χ2v) is 4.26. The Hall–Kier alpha value is -1.00. The van der Waals surface area contributed by atoms with E-state index >= 15 is 0 Å². The molecule has 0 aliphatic carbocycles. The molecule has 0 spiro atoms. The number of rotatable bonds is 3. The van der Waals surface area contributed by atoms with Gasteiger partial charge < -0.3 is 10.5 Å². The van der Waals surface area contributed by atoms with Gasteiger partial charge in [0.1, 0.15) is 5.75 Å². The van der Waals surface area contributed by atoms with Gasteiger partial charge >= 0.3 is 0 Å². The Balaban J connectivity index is 3.15. The van der Waals surface area contributed by atoms with Crippen LogP contribution in [0.1, 0.15) is 5.56 Å². The van der Waals surface area contributed by atoms with Crippen LogP contribution in [0, 0.1) is 0 Å². The van der Waals surface area contributed by atoms with E-state index < -0.39 is 0 Å². The van der Waals surface area contributed by atoms with Crippen LogP contribution < -0.4 is 10.5 Å². The number of benzene rings is 1. The molecule has 1 rings (SSSR count). The lowest BCUT2D eigenvalue weighted by molar-refractivity contribution is 0.415. The fraction of sp³-hybridized carbons (Fsp3) is 0.182. The maximum atomic E-state index is 6.00. The largest absolute Gasteiger partial charge is 0.495 e. The number of methoxy groups -OCH3 is 1. The minimum atomic E-state index is 0.525. The van der Waals surface area contributed by atoms with Crippen LogP contribution in [0.15, 0.2) is 27.7 Å². The molecule has 0 saturated carbocycles. The third-order valence-electron chi connectivity index (χ3n) is 1.96. The van der Waals surface area contributed by atoms with Crippen molar-refractivity contribution in [1.82, 2.24) is 0 Å². The smallest absolute Gasteiger partial charge is 0.137 e. The monoisotopic (exact) mass is 302 g/mol. The Labute approximate surface area is 108 Å². The van der Waals surface area contributed by atoms with Gasteiger partial charge in [0.15, 0.2) is 0 Å². The molecule has 0 heterocycles. The molecule has 0 unspecified atom stereocenters. The molecular weight excluding hydrogens is 291 g/mol. The highest BCUT2D eigenvalue weighted by Gasteiger charge is 2.05. The summed E-state index contributed by atoms with van der Waals surface area (Å²) in [4.78, 5) is 3.87. The number of ether oxygens (including phenoxy) is 1. The molecule has 0 aromatic heterocycles. The molecule has 0 atom stereocenters. The number of nitrogens with zero attached hydrogens (tertiary/aromatic N) is 1. The topological polar surface area (TPSA) is 47.6 Å². The highest BCUT2D eigenvalue weighted by molar-refractivity contribution is 9.12. The molecule has 16 heavy (non-hydrogen) atoms. The number of allylic oxidation sites excluding steroid dienone is 1. The third kappa shape index (κ3) is 3.00. The zero-order valence-corrected chi connectivity index (χ0v) is 11.3. The van der Waals surface area contributed by atoms with E-state index in [4.69, 9.17) is 22.1 Å². The van der Waals surface area contributed by atoms with E-state index in [1.807, 2.05) is 6.07 Å². The lowest BCUT2D eigenvalue weighted by atomic mass is 10.1. The summed E-state index contributed by atoms with van der Waals surface area (Å²) in [6, 6.07) is 5.36. The highest BCUT2D eigenvalue weighted by atomic mass is 79.9. The molecule has 1 aromatic carbocycles. The Morgan fingerprint density at radius 3 is 2.75 bits per heavy atom. The van der Waals surface area contributed by atoms with Crippen molar-refractivity contribution in [1.29, 1.82) is 0 Å². The standard InChI is InChI=1S/C11H12BrClN2O/c1-15-6-8(12)11(14)7-3-4-10(16-2)9(13)5-7/h3-6H,14H2,1-2H3. The van der Waals surface area contributed by atoms with Crippen molar-refractivity contribution >= 4 is 39.4 Å². The molecule has 0 saturated heterocycles. The lowest BCUT2D eigenvalue weighted by Crippen LogP contribution is -2.00. The van der Waals surface area contributed by atoms with Crippen molar-refractivity contribution in [3.05, 3.63) is 33.3 Å². The first-order valence-electron chi connectivity index (χ1n) is 4.51. The fourth-order valence-corrected chi connectivity index (χ4v) is 1.85. The number of hydrogen-bond donors (Lipinski definition) is 1. The number of nitrogens with two attached hydrogens (primary N) is 1. The zero-order valence-electron chi connectivity index (χ0n) is 9.00. The molecule has 0 fully saturated rings. The summed E-state index contributed by atoms with van der Waals surface area (Å²) in [7, 11) is 3.25. The van der Waals surface area contributed by atoms with Gasteiger partial charge in [0.05, 0.1) is 22.3 Å². The zero-order chi connectivity index (χ0) is 12.1. The van der Waals surface area contributed by atoms with Crippen LogP contribution in [0.5, 0.6) is 5.75 Å². The van der Waals surface area contributed by atoms with Crippen LogP contribution in [0.4, 0.5) is 0 Å². The van der Waals surface area contributed by atoms with Gasteiger partial charge in [-0.15, -0.1) is 0 Å². The van der Waals surface area contributed by atoms with E-state index in [-0.39, 0.29) is 0 Å². The van der Waals surface area contributed by atoms with Gasteiger partial charge in [-0.2, -0.15) is 0 Å². The number of aliphatic imine (C=N–C) groups is 1. The van der Waals surface area contributed by atoms with Crippen LogP contribution >= 0.6 is 27.5 Å². The lowest BCUT2D eigenvalue weighted by Gasteiger charge is -2.07. The molecule has 86 valence electrons. The van der Waals surface area contributed by atoms with Gasteiger partial charge in [0, 0.05) is 18.8 Å². The summed E-state index contributed by atoms with van der Waals surface area (Å²) < 4.78 is 5.78. The summed E-state index contributed by atoms with van der Waals surface area (Å²) >= 11 is 9.33. The molecule has 5 heteroatoms.